The van der Waals surface area contributed by atoms with Gasteiger partial charge in [0.25, 0.3) is 0 Å². The Balaban J connectivity index is 1.97. The fourth-order valence-corrected chi connectivity index (χ4v) is 2.69. The van der Waals surface area contributed by atoms with Gasteiger partial charge in [-0.15, -0.1) is 0 Å². The van der Waals surface area contributed by atoms with Crippen LogP contribution in [0.1, 0.15) is 0 Å². The van der Waals surface area contributed by atoms with Crippen LogP contribution in [-0.2, 0) is 14.6 Å². The van der Waals surface area contributed by atoms with E-state index in [2.05, 4.69) is 9.97 Å². The Morgan fingerprint density at radius 3 is 2.76 bits per heavy atom. The number of aromatic nitrogens is 2. The number of anilines is 1. The lowest BCUT2D eigenvalue weighted by Gasteiger charge is -2.55. The summed E-state index contributed by atoms with van der Waals surface area (Å²) in [6, 6.07) is 1.87. The maximum Gasteiger partial charge on any atom is 0.250 e. The van der Waals surface area contributed by atoms with Gasteiger partial charge in [0.05, 0.1) is 18.8 Å². The minimum absolute atomic E-state index is 0.138. The van der Waals surface area contributed by atoms with Crippen molar-refractivity contribution in [2.24, 2.45) is 0 Å². The van der Waals surface area contributed by atoms with Crippen molar-refractivity contribution in [1.29, 1.82) is 0 Å². The molecule has 0 saturated carbocycles. The van der Waals surface area contributed by atoms with Gasteiger partial charge in [0.1, 0.15) is 11.0 Å². The largest absolute Gasteiger partial charge is 0.372 e. The van der Waals surface area contributed by atoms with Crippen molar-refractivity contribution in [2.45, 2.75) is 17.3 Å². The van der Waals surface area contributed by atoms with Gasteiger partial charge < -0.3 is 9.64 Å². The zero-order valence-electron chi connectivity index (χ0n) is 9.00. The molecule has 3 heterocycles. The molecule has 0 amide bonds. The third kappa shape index (κ3) is 1.78. The molecule has 0 aromatic carbocycles. The van der Waals surface area contributed by atoms with Gasteiger partial charge in [-0.3, -0.25) is 0 Å². The Hall–Kier alpha value is -0.920. The zero-order chi connectivity index (χ0) is 12.2. The maximum atomic E-state index is 11.4. The number of morpholine rings is 1. The average Bonchev–Trinajstić information content (AvgIpc) is 2.20. The first kappa shape index (κ1) is 11.2. The van der Waals surface area contributed by atoms with Gasteiger partial charge in [-0.25, -0.2) is 18.4 Å². The molecule has 2 fully saturated rings. The van der Waals surface area contributed by atoms with Crippen LogP contribution in [0, 0.1) is 0 Å². The van der Waals surface area contributed by atoms with Crippen LogP contribution >= 0.6 is 11.6 Å². The highest BCUT2D eigenvalue weighted by Crippen LogP contribution is 2.34. The molecule has 2 saturated heterocycles. The van der Waals surface area contributed by atoms with E-state index in [0.717, 1.165) is 12.8 Å². The zero-order valence-corrected chi connectivity index (χ0v) is 10.6. The molecular formula is C9H10ClN3O3S. The highest BCUT2D eigenvalue weighted by atomic mass is 35.5. The molecule has 2 atom stereocenters. The first-order chi connectivity index (χ1) is 7.95. The molecule has 1 aromatic heterocycles. The minimum atomic E-state index is -3.44. The highest BCUT2D eigenvalue weighted by Gasteiger charge is 2.48. The quantitative estimate of drug-likeness (QED) is 0.564. The molecule has 0 radical (unpaired) electrons. The second kappa shape index (κ2) is 3.54. The van der Waals surface area contributed by atoms with Crippen LogP contribution in [-0.4, -0.2) is 49.9 Å². The fraction of sp³-hybridized carbons (Fsp3) is 0.556. The van der Waals surface area contributed by atoms with E-state index >= 15 is 0 Å². The summed E-state index contributed by atoms with van der Waals surface area (Å²) in [5, 5.41) is -0.0946. The summed E-state index contributed by atoms with van der Waals surface area (Å²) in [4.78, 5) is 9.73. The van der Waals surface area contributed by atoms with Crippen LogP contribution in [0.4, 0.5) is 5.82 Å². The summed E-state index contributed by atoms with van der Waals surface area (Å²) in [5.41, 5.74) is 0. The van der Waals surface area contributed by atoms with E-state index in [0.29, 0.717) is 18.5 Å². The molecule has 1 aromatic rings. The van der Waals surface area contributed by atoms with Gasteiger partial charge in [-0.05, 0) is 0 Å². The Labute approximate surface area is 103 Å². The van der Waals surface area contributed by atoms with Gasteiger partial charge in [0.2, 0.25) is 15.0 Å². The Morgan fingerprint density at radius 1 is 1.53 bits per heavy atom. The lowest BCUT2D eigenvalue weighted by Crippen LogP contribution is -2.71. The van der Waals surface area contributed by atoms with Gasteiger partial charge in [-0.1, -0.05) is 11.6 Å². The summed E-state index contributed by atoms with van der Waals surface area (Å²) in [6.07, 6.45) is 1.32. The molecule has 3 rings (SSSR count). The summed E-state index contributed by atoms with van der Waals surface area (Å²) in [6.45, 7) is 1.38. The van der Waals surface area contributed by atoms with E-state index in [1.807, 2.05) is 4.90 Å². The first-order valence-electron chi connectivity index (χ1n) is 5.08. The minimum Gasteiger partial charge on any atom is -0.372 e. The van der Waals surface area contributed by atoms with Crippen molar-refractivity contribution in [3.63, 3.8) is 0 Å². The SMILES string of the molecule is CS(=O)(=O)c1nc(Cl)cc(N2CC3OC[C@H]32)n1. The van der Waals surface area contributed by atoms with Gasteiger partial charge in [0.15, 0.2) is 0 Å². The summed E-state index contributed by atoms with van der Waals surface area (Å²) in [7, 11) is -3.44. The van der Waals surface area contributed by atoms with Gasteiger partial charge >= 0.3 is 0 Å². The number of ether oxygens (including phenoxy) is 1. The second-order valence-electron chi connectivity index (χ2n) is 4.20. The smallest absolute Gasteiger partial charge is 0.250 e. The lowest BCUT2D eigenvalue weighted by atomic mass is 9.95. The molecule has 0 aliphatic carbocycles. The van der Waals surface area contributed by atoms with Gasteiger partial charge in [-0.2, -0.15) is 0 Å². The lowest BCUT2D eigenvalue weighted by molar-refractivity contribution is -0.113. The topological polar surface area (TPSA) is 72.4 Å². The Bertz CT molecular complexity index is 577. The maximum absolute atomic E-state index is 11.4. The van der Waals surface area contributed by atoms with E-state index in [4.69, 9.17) is 16.3 Å². The number of rotatable bonds is 2. The van der Waals surface area contributed by atoms with Crippen molar-refractivity contribution in [1.82, 2.24) is 9.97 Å². The molecule has 92 valence electrons. The third-order valence-electron chi connectivity index (χ3n) is 2.97. The van der Waals surface area contributed by atoms with E-state index in [9.17, 15) is 8.42 Å². The number of hydrogen-bond donors (Lipinski definition) is 0. The molecule has 0 bridgehead atoms. The molecule has 2 aliphatic heterocycles. The number of sulfone groups is 1. The van der Waals surface area contributed by atoms with Gasteiger partial charge in [0, 0.05) is 18.9 Å². The van der Waals surface area contributed by atoms with E-state index in [-0.39, 0.29) is 16.4 Å². The molecular weight excluding hydrogens is 266 g/mol. The summed E-state index contributed by atoms with van der Waals surface area (Å²) >= 11 is 5.81. The number of hydrogen-bond acceptors (Lipinski definition) is 6. The van der Waals surface area contributed by atoms with Crippen molar-refractivity contribution in [3.8, 4) is 0 Å². The molecule has 0 N–H and O–H groups in total. The second-order valence-corrected chi connectivity index (χ2v) is 6.49. The standard InChI is InChI=1S/C9H10ClN3O3S/c1-17(14,15)9-11-7(10)2-8(12-9)13-3-6-5(13)4-16-6/h2,5-6H,3-4H2,1H3/t5-,6?/m1/s1. The number of nitrogens with zero attached hydrogens (tertiary/aromatic N) is 3. The molecule has 17 heavy (non-hydrogen) atoms. The van der Waals surface area contributed by atoms with E-state index in [1.54, 1.807) is 6.07 Å². The van der Waals surface area contributed by atoms with E-state index < -0.39 is 9.84 Å². The molecule has 1 unspecified atom stereocenters. The van der Waals surface area contributed by atoms with Crippen LogP contribution in [0.15, 0.2) is 11.2 Å². The average molecular weight is 276 g/mol. The highest BCUT2D eigenvalue weighted by molar-refractivity contribution is 7.90. The van der Waals surface area contributed by atoms with Crippen LogP contribution in [0.2, 0.25) is 5.15 Å². The summed E-state index contributed by atoms with van der Waals surface area (Å²) in [5.74, 6) is 0.551. The molecule has 6 nitrogen and oxygen atoms in total. The van der Waals surface area contributed by atoms with E-state index in [1.165, 1.54) is 0 Å². The van der Waals surface area contributed by atoms with Crippen molar-refractivity contribution >= 4 is 27.3 Å². The fourth-order valence-electron chi connectivity index (χ4n) is 1.94. The van der Waals surface area contributed by atoms with Crippen LogP contribution in [0.5, 0.6) is 0 Å². The van der Waals surface area contributed by atoms with Crippen LogP contribution in [0.25, 0.3) is 0 Å². The van der Waals surface area contributed by atoms with Crippen molar-refractivity contribution in [2.75, 3.05) is 24.3 Å². The Kier molecular flexibility index (Phi) is 2.33. The normalized spacial score (nSPS) is 27.1. The molecule has 0 spiro atoms. The Morgan fingerprint density at radius 2 is 2.29 bits per heavy atom. The first-order valence-corrected chi connectivity index (χ1v) is 7.35. The molecule has 2 aliphatic rings. The number of fused-ring (bicyclic) bond motifs is 1. The summed E-state index contributed by atoms with van der Waals surface area (Å²) < 4.78 is 28.1. The van der Waals surface area contributed by atoms with Crippen LogP contribution in [0.3, 0.4) is 0 Å². The predicted octanol–water partition coefficient (Wildman–Crippen LogP) is 0.121. The number of halogens is 1. The predicted molar refractivity (Wildman–Crippen MR) is 61.0 cm³/mol. The van der Waals surface area contributed by atoms with Crippen molar-refractivity contribution in [3.05, 3.63) is 11.2 Å². The van der Waals surface area contributed by atoms with Crippen molar-refractivity contribution < 1.29 is 13.2 Å². The van der Waals surface area contributed by atoms with Crippen LogP contribution < -0.4 is 4.90 Å². The third-order valence-corrected chi connectivity index (χ3v) is 4.01. The monoisotopic (exact) mass is 275 g/mol. The molecule has 8 heteroatoms.